The summed E-state index contributed by atoms with van der Waals surface area (Å²) in [6.07, 6.45) is 4.74. The molecule has 0 saturated carbocycles. The number of hydrogen-bond donors (Lipinski definition) is 0. The zero-order chi connectivity index (χ0) is 15.1. The van der Waals surface area contributed by atoms with Crippen LogP contribution in [0.4, 0.5) is 11.4 Å². The summed E-state index contributed by atoms with van der Waals surface area (Å²) in [7, 11) is 0. The summed E-state index contributed by atoms with van der Waals surface area (Å²) in [6, 6.07) is 5.08. The zero-order valence-electron chi connectivity index (χ0n) is 11.8. The molecule has 1 atom stereocenters. The number of nitrogens with zero attached hydrogens (tertiary/aromatic N) is 2. The molecule has 6 nitrogen and oxygen atoms in total. The second-order valence-corrected chi connectivity index (χ2v) is 4.83. The van der Waals surface area contributed by atoms with Crippen molar-refractivity contribution in [2.24, 2.45) is 0 Å². The molecule has 0 N–H and O–H groups in total. The molecule has 0 aliphatic rings. The molecule has 1 aromatic rings. The molecule has 1 aromatic carbocycles. The van der Waals surface area contributed by atoms with Crippen LogP contribution in [0.2, 0.25) is 0 Å². The summed E-state index contributed by atoms with van der Waals surface area (Å²) >= 11 is 0. The smallest absolute Gasteiger partial charge is 0.258 e. The largest absolute Gasteiger partial charge is 0.284 e. The molecule has 0 aromatic heterocycles. The van der Waals surface area contributed by atoms with Gasteiger partial charge in [0.2, 0.25) is 0 Å². The van der Waals surface area contributed by atoms with Crippen LogP contribution in [0.1, 0.15) is 57.4 Å². The summed E-state index contributed by atoms with van der Waals surface area (Å²) in [5, 5.41) is 21.7. The van der Waals surface area contributed by atoms with E-state index in [2.05, 4.69) is 13.0 Å². The lowest BCUT2D eigenvalue weighted by molar-refractivity contribution is -0.394. The molecule has 109 valence electrons. The molecule has 0 amide bonds. The van der Waals surface area contributed by atoms with E-state index < -0.39 is 9.85 Å². The van der Waals surface area contributed by atoms with Crippen LogP contribution in [0.3, 0.4) is 0 Å². The van der Waals surface area contributed by atoms with Crippen molar-refractivity contribution in [2.45, 2.75) is 51.9 Å². The second kappa shape index (κ2) is 7.57. The SMILES string of the molecule is CCCCC(CCC)c1cc([N+](=O)[O-])[c]c([N+](=O)[O-])c1. The highest BCUT2D eigenvalue weighted by Crippen LogP contribution is 2.32. The van der Waals surface area contributed by atoms with Gasteiger partial charge in [0.05, 0.1) is 9.85 Å². The third-order valence-electron chi connectivity index (χ3n) is 3.27. The summed E-state index contributed by atoms with van der Waals surface area (Å²) in [5.74, 6) is 0.131. The van der Waals surface area contributed by atoms with Crippen LogP contribution in [0.25, 0.3) is 0 Å². The number of nitro benzene ring substituents is 2. The first-order valence-electron chi connectivity index (χ1n) is 6.85. The van der Waals surface area contributed by atoms with Gasteiger partial charge in [0.1, 0.15) is 0 Å². The molecule has 1 unspecified atom stereocenters. The maximum atomic E-state index is 10.9. The molecule has 0 aliphatic heterocycles. The van der Waals surface area contributed by atoms with Crippen LogP contribution in [-0.4, -0.2) is 9.85 Å². The van der Waals surface area contributed by atoms with E-state index in [-0.39, 0.29) is 17.3 Å². The van der Waals surface area contributed by atoms with Crippen molar-refractivity contribution in [3.63, 3.8) is 0 Å². The minimum atomic E-state index is -0.626. The van der Waals surface area contributed by atoms with Crippen LogP contribution in [-0.2, 0) is 0 Å². The van der Waals surface area contributed by atoms with Gasteiger partial charge in [-0.05, 0) is 24.3 Å². The Labute approximate surface area is 118 Å². The third-order valence-corrected chi connectivity index (χ3v) is 3.27. The first-order chi connectivity index (χ1) is 9.49. The summed E-state index contributed by atoms with van der Waals surface area (Å²) < 4.78 is 0. The van der Waals surface area contributed by atoms with Crippen molar-refractivity contribution in [1.29, 1.82) is 0 Å². The molecular formula is C14H19N2O4. The van der Waals surface area contributed by atoms with Gasteiger partial charge in [-0.25, -0.2) is 0 Å². The van der Waals surface area contributed by atoms with E-state index in [1.165, 1.54) is 12.1 Å². The monoisotopic (exact) mass is 279 g/mol. The fraction of sp³-hybridized carbons (Fsp3) is 0.571. The molecule has 0 saturated heterocycles. The first kappa shape index (κ1) is 16.1. The number of benzene rings is 1. The predicted molar refractivity (Wildman–Crippen MR) is 75.8 cm³/mol. The Morgan fingerprint density at radius 2 is 1.60 bits per heavy atom. The van der Waals surface area contributed by atoms with Crippen LogP contribution < -0.4 is 0 Å². The fourth-order valence-corrected chi connectivity index (χ4v) is 2.27. The molecule has 0 bridgehead atoms. The van der Waals surface area contributed by atoms with Crippen molar-refractivity contribution in [1.82, 2.24) is 0 Å². The first-order valence-corrected chi connectivity index (χ1v) is 6.85. The van der Waals surface area contributed by atoms with Gasteiger partial charge in [-0.1, -0.05) is 33.1 Å². The zero-order valence-corrected chi connectivity index (χ0v) is 11.8. The standard InChI is InChI=1S/C14H19N2O4/c1-3-5-7-11(6-4-2)12-8-13(15(17)18)10-14(9-12)16(19)20/h8-9,11H,3-7H2,1-2H3. The van der Waals surface area contributed by atoms with E-state index in [1.54, 1.807) is 0 Å². The van der Waals surface area contributed by atoms with Crippen LogP contribution in [0, 0.1) is 26.3 Å². The van der Waals surface area contributed by atoms with Gasteiger partial charge in [0, 0.05) is 12.1 Å². The number of rotatable bonds is 8. The number of unbranched alkanes of at least 4 members (excludes halogenated alkanes) is 1. The van der Waals surface area contributed by atoms with Crippen molar-refractivity contribution in [3.05, 3.63) is 44.0 Å². The average molecular weight is 279 g/mol. The quantitative estimate of drug-likeness (QED) is 0.522. The lowest BCUT2D eigenvalue weighted by atomic mass is 9.89. The van der Waals surface area contributed by atoms with E-state index >= 15 is 0 Å². The number of hydrogen-bond acceptors (Lipinski definition) is 4. The maximum absolute atomic E-state index is 10.9. The molecular weight excluding hydrogens is 260 g/mol. The predicted octanol–water partition coefficient (Wildman–Crippen LogP) is 4.38. The summed E-state index contributed by atoms with van der Waals surface area (Å²) in [5.41, 5.74) is 0.0241. The molecule has 0 spiro atoms. The highest BCUT2D eigenvalue weighted by Gasteiger charge is 2.21. The second-order valence-electron chi connectivity index (χ2n) is 4.83. The fourth-order valence-electron chi connectivity index (χ4n) is 2.27. The van der Waals surface area contributed by atoms with Crippen molar-refractivity contribution in [2.75, 3.05) is 0 Å². The van der Waals surface area contributed by atoms with Gasteiger partial charge < -0.3 is 0 Å². The van der Waals surface area contributed by atoms with Gasteiger partial charge in [-0.2, -0.15) is 0 Å². The molecule has 1 rings (SSSR count). The van der Waals surface area contributed by atoms with Gasteiger partial charge in [-0.15, -0.1) is 0 Å². The summed E-state index contributed by atoms with van der Waals surface area (Å²) in [4.78, 5) is 20.5. The topological polar surface area (TPSA) is 86.3 Å². The maximum Gasteiger partial charge on any atom is 0.284 e. The Morgan fingerprint density at radius 1 is 1.05 bits per heavy atom. The van der Waals surface area contributed by atoms with E-state index in [1.807, 2.05) is 6.92 Å². The molecule has 1 radical (unpaired) electrons. The van der Waals surface area contributed by atoms with E-state index in [9.17, 15) is 20.2 Å². The Balaban J connectivity index is 3.17. The van der Waals surface area contributed by atoms with Crippen LogP contribution in [0.5, 0.6) is 0 Å². The molecule has 0 aliphatic carbocycles. The van der Waals surface area contributed by atoms with Gasteiger partial charge in [-0.3, -0.25) is 20.2 Å². The van der Waals surface area contributed by atoms with Gasteiger partial charge in [0.15, 0.2) is 6.07 Å². The Kier molecular flexibility index (Phi) is 6.09. The molecule has 6 heteroatoms. The molecule has 20 heavy (non-hydrogen) atoms. The van der Waals surface area contributed by atoms with Crippen molar-refractivity contribution in [3.8, 4) is 0 Å². The van der Waals surface area contributed by atoms with Crippen molar-refractivity contribution >= 4 is 11.4 Å². The van der Waals surface area contributed by atoms with E-state index in [4.69, 9.17) is 0 Å². The summed E-state index contributed by atoms with van der Waals surface area (Å²) in [6.45, 7) is 4.11. The Hall–Kier alpha value is -1.98. The number of nitro groups is 2. The van der Waals surface area contributed by atoms with E-state index in [0.717, 1.165) is 32.1 Å². The van der Waals surface area contributed by atoms with Crippen molar-refractivity contribution < 1.29 is 9.85 Å². The lowest BCUT2D eigenvalue weighted by Gasteiger charge is -2.15. The Bertz CT molecular complexity index is 456. The third kappa shape index (κ3) is 4.29. The number of non-ortho nitro benzene ring substituents is 2. The van der Waals surface area contributed by atoms with Crippen LogP contribution >= 0.6 is 0 Å². The minimum Gasteiger partial charge on any atom is -0.258 e. The van der Waals surface area contributed by atoms with E-state index in [0.29, 0.717) is 5.56 Å². The Morgan fingerprint density at radius 3 is 2.00 bits per heavy atom. The highest BCUT2D eigenvalue weighted by molar-refractivity contribution is 5.46. The lowest BCUT2D eigenvalue weighted by Crippen LogP contribution is -2.02. The molecule has 0 fully saturated rings. The van der Waals surface area contributed by atoms with Gasteiger partial charge >= 0.3 is 0 Å². The average Bonchev–Trinajstić information content (AvgIpc) is 2.42. The van der Waals surface area contributed by atoms with Crippen LogP contribution in [0.15, 0.2) is 12.1 Å². The van der Waals surface area contributed by atoms with Gasteiger partial charge in [0.25, 0.3) is 11.4 Å². The highest BCUT2D eigenvalue weighted by atomic mass is 16.6. The molecule has 0 heterocycles. The minimum absolute atomic E-state index is 0.131. The normalized spacial score (nSPS) is 12.1.